The van der Waals surface area contributed by atoms with Crippen molar-refractivity contribution in [3.8, 4) is 0 Å². The number of furan rings is 1. The number of carbonyl (C=O) groups is 2. The highest BCUT2D eigenvalue weighted by atomic mass is 31.2. The molecular formula is C46H79NO10P+. The first kappa shape index (κ1) is 53.2. The molecule has 1 heterocycles. The van der Waals surface area contributed by atoms with E-state index in [0.717, 1.165) is 75.7 Å². The topological polar surface area (TPSA) is 142 Å². The van der Waals surface area contributed by atoms with E-state index in [9.17, 15) is 24.2 Å². The second-order valence-electron chi connectivity index (χ2n) is 16.2. The average molecular weight is 837 g/mol. The molecule has 0 amide bonds. The first-order valence-corrected chi connectivity index (χ1v) is 23.3. The van der Waals surface area contributed by atoms with Gasteiger partial charge in [0.2, 0.25) is 0 Å². The summed E-state index contributed by atoms with van der Waals surface area (Å²) in [5.41, 5.74) is 2.55. The third kappa shape index (κ3) is 28.6. The van der Waals surface area contributed by atoms with Gasteiger partial charge >= 0.3 is 19.8 Å². The van der Waals surface area contributed by atoms with Crippen LogP contribution < -0.4 is 0 Å². The summed E-state index contributed by atoms with van der Waals surface area (Å²) in [5, 5.41) is 10.1. The number of phosphoric ester groups is 1. The standard InChI is InChI=1S/C46H78NO10P/c1-8-10-11-12-13-14-15-19-24-30-41(48)31-25-20-18-23-27-33-45(49)53-37-42(38-55-58(51,52)54-36-35-47(5,6)7)56-46(50)34-28-22-17-16-21-26-32-44-40(4)39(3)43(57-44)29-9-2/h13-14,18-20,24-25,31,41-42,48H,8-12,15-17,21-23,26-30,32-38H2,1-7H3/p+1/b14-13-,20-18+,24-19-,31-25-/t41?,42-/m1/s1. The molecule has 0 bridgehead atoms. The molecule has 2 N–H and O–H groups in total. The van der Waals surface area contributed by atoms with Crippen molar-refractivity contribution in [2.24, 2.45) is 0 Å². The fourth-order valence-electron chi connectivity index (χ4n) is 5.90. The maximum Gasteiger partial charge on any atom is 0.472 e. The number of aryl methyl sites for hydroxylation is 2. The minimum absolute atomic E-state index is 0.00169. The van der Waals surface area contributed by atoms with E-state index in [0.29, 0.717) is 36.7 Å². The second-order valence-corrected chi connectivity index (χ2v) is 17.6. The Morgan fingerprint density at radius 1 is 0.741 bits per heavy atom. The van der Waals surface area contributed by atoms with Crippen molar-refractivity contribution in [2.75, 3.05) is 47.5 Å². The van der Waals surface area contributed by atoms with Crippen LogP contribution in [0.15, 0.2) is 53.0 Å². The van der Waals surface area contributed by atoms with Gasteiger partial charge in [-0.1, -0.05) is 101 Å². The fourth-order valence-corrected chi connectivity index (χ4v) is 6.64. The van der Waals surface area contributed by atoms with E-state index >= 15 is 0 Å². The minimum Gasteiger partial charge on any atom is -0.466 e. The van der Waals surface area contributed by atoms with Crippen molar-refractivity contribution in [2.45, 2.75) is 162 Å². The lowest BCUT2D eigenvalue weighted by atomic mass is 10.0. The second kappa shape index (κ2) is 32.0. The van der Waals surface area contributed by atoms with Gasteiger partial charge in [-0.15, -0.1) is 0 Å². The lowest BCUT2D eigenvalue weighted by molar-refractivity contribution is -0.870. The Kier molecular flexibility index (Phi) is 29.4. The Morgan fingerprint density at radius 3 is 2.10 bits per heavy atom. The summed E-state index contributed by atoms with van der Waals surface area (Å²) in [6, 6.07) is 0. The summed E-state index contributed by atoms with van der Waals surface area (Å²) >= 11 is 0. The number of hydrogen-bond donors (Lipinski definition) is 2. The lowest BCUT2D eigenvalue weighted by Crippen LogP contribution is -2.37. The van der Waals surface area contributed by atoms with Gasteiger partial charge in [-0.05, 0) is 82.8 Å². The van der Waals surface area contributed by atoms with Crippen LogP contribution in [-0.2, 0) is 45.5 Å². The van der Waals surface area contributed by atoms with E-state index in [1.807, 2.05) is 39.4 Å². The maximum atomic E-state index is 12.7. The molecule has 1 aromatic heterocycles. The van der Waals surface area contributed by atoms with E-state index in [1.165, 1.54) is 30.4 Å². The Labute approximate surface area is 351 Å². The number of unbranched alkanes of at least 4 members (excludes halogenated alkanes) is 9. The van der Waals surface area contributed by atoms with Crippen LogP contribution in [0.4, 0.5) is 0 Å². The Morgan fingerprint density at radius 2 is 1.40 bits per heavy atom. The first-order valence-electron chi connectivity index (χ1n) is 21.8. The molecule has 0 saturated carbocycles. The van der Waals surface area contributed by atoms with Gasteiger partial charge in [-0.2, -0.15) is 0 Å². The Hall–Kier alpha value is -2.79. The number of aliphatic hydroxyl groups is 1. The molecule has 58 heavy (non-hydrogen) atoms. The van der Waals surface area contributed by atoms with Crippen LogP contribution in [-0.4, -0.2) is 86.1 Å². The van der Waals surface area contributed by atoms with E-state index in [4.69, 9.17) is 22.9 Å². The van der Waals surface area contributed by atoms with E-state index in [-0.39, 0.29) is 26.1 Å². The fraction of sp³-hybridized carbons (Fsp3) is 0.696. The monoisotopic (exact) mass is 837 g/mol. The molecule has 11 nitrogen and oxygen atoms in total. The van der Waals surface area contributed by atoms with E-state index in [2.05, 4.69) is 45.9 Å². The van der Waals surface area contributed by atoms with Gasteiger partial charge in [0.15, 0.2) is 6.10 Å². The number of hydrogen-bond acceptors (Lipinski definition) is 9. The highest BCUT2D eigenvalue weighted by Gasteiger charge is 2.27. The van der Waals surface area contributed by atoms with Gasteiger partial charge in [0.1, 0.15) is 31.3 Å². The molecule has 1 rings (SSSR count). The van der Waals surface area contributed by atoms with Gasteiger partial charge < -0.3 is 28.4 Å². The SMILES string of the molecule is CCCCC/C=C\C/C=C\CC(O)/C=C\C=C\CCCC(=O)OC[C@H](COP(=O)(O)OCC[N+](C)(C)C)OC(=O)CCCCCCCCc1oc(CCC)c(C)c1C. The number of likely N-dealkylation sites (N-methyl/N-ethyl adjacent to an activating group) is 1. The van der Waals surface area contributed by atoms with Crippen molar-refractivity contribution >= 4 is 19.8 Å². The molecule has 3 atom stereocenters. The normalized spacial score (nSPS) is 14.6. The van der Waals surface area contributed by atoms with Crippen LogP contribution in [0.3, 0.4) is 0 Å². The van der Waals surface area contributed by atoms with Crippen LogP contribution in [0.25, 0.3) is 0 Å². The van der Waals surface area contributed by atoms with Gasteiger partial charge in [0, 0.05) is 25.7 Å². The molecule has 12 heteroatoms. The molecule has 1 aromatic rings. The molecule has 2 unspecified atom stereocenters. The van der Waals surface area contributed by atoms with Crippen molar-refractivity contribution in [1.29, 1.82) is 0 Å². The molecule has 0 saturated heterocycles. The highest BCUT2D eigenvalue weighted by molar-refractivity contribution is 7.47. The predicted molar refractivity (Wildman–Crippen MR) is 233 cm³/mol. The lowest BCUT2D eigenvalue weighted by Gasteiger charge is -2.24. The summed E-state index contributed by atoms with van der Waals surface area (Å²) in [6.07, 6.45) is 30.5. The van der Waals surface area contributed by atoms with Crippen LogP contribution in [0, 0.1) is 13.8 Å². The van der Waals surface area contributed by atoms with Gasteiger partial charge in [-0.25, -0.2) is 4.57 Å². The number of esters is 2. The largest absolute Gasteiger partial charge is 0.472 e. The van der Waals surface area contributed by atoms with Gasteiger partial charge in [0.05, 0.1) is 33.9 Å². The van der Waals surface area contributed by atoms with Crippen molar-refractivity contribution in [3.05, 3.63) is 71.3 Å². The molecule has 0 aliphatic carbocycles. The zero-order valence-corrected chi connectivity index (χ0v) is 38.0. The summed E-state index contributed by atoms with van der Waals surface area (Å²) in [4.78, 5) is 35.5. The van der Waals surface area contributed by atoms with Gasteiger partial charge in [-0.3, -0.25) is 18.6 Å². The number of rotatable bonds is 35. The molecule has 0 aliphatic heterocycles. The number of carbonyl (C=O) groups excluding carboxylic acids is 2. The zero-order valence-electron chi connectivity index (χ0n) is 37.1. The van der Waals surface area contributed by atoms with Gasteiger partial charge in [0.25, 0.3) is 0 Å². The maximum absolute atomic E-state index is 12.7. The van der Waals surface area contributed by atoms with Crippen LogP contribution in [0.2, 0.25) is 0 Å². The number of quaternary nitrogens is 1. The minimum atomic E-state index is -4.42. The molecule has 0 fully saturated rings. The third-order valence-corrected chi connectivity index (χ3v) is 10.6. The Bertz CT molecular complexity index is 1420. The van der Waals surface area contributed by atoms with Crippen LogP contribution >= 0.6 is 7.82 Å². The van der Waals surface area contributed by atoms with Crippen LogP contribution in [0.5, 0.6) is 0 Å². The number of nitrogens with zero attached hydrogens (tertiary/aromatic N) is 1. The number of ether oxygens (including phenoxy) is 2. The molecular weight excluding hydrogens is 757 g/mol. The molecule has 0 aromatic carbocycles. The first-order chi connectivity index (χ1) is 27.7. The number of allylic oxidation sites excluding steroid dienone is 6. The zero-order chi connectivity index (χ0) is 43.1. The van der Waals surface area contributed by atoms with Crippen molar-refractivity contribution < 1.29 is 51.6 Å². The number of phosphoric acid groups is 1. The predicted octanol–water partition coefficient (Wildman–Crippen LogP) is 10.5. The summed E-state index contributed by atoms with van der Waals surface area (Å²) in [7, 11) is 1.36. The number of aliphatic hydroxyl groups excluding tert-OH is 1. The highest BCUT2D eigenvalue weighted by Crippen LogP contribution is 2.43. The Balaban J connectivity index is 2.45. The third-order valence-electron chi connectivity index (χ3n) is 9.62. The summed E-state index contributed by atoms with van der Waals surface area (Å²) in [6.45, 7) is 8.36. The van der Waals surface area contributed by atoms with Crippen molar-refractivity contribution in [1.82, 2.24) is 0 Å². The van der Waals surface area contributed by atoms with E-state index < -0.39 is 38.6 Å². The average Bonchev–Trinajstić information content (AvgIpc) is 3.43. The summed E-state index contributed by atoms with van der Waals surface area (Å²) in [5.74, 6) is 1.25. The van der Waals surface area contributed by atoms with Crippen LogP contribution in [0.1, 0.15) is 146 Å². The van der Waals surface area contributed by atoms with E-state index in [1.54, 1.807) is 12.2 Å². The molecule has 0 aliphatic rings. The van der Waals surface area contributed by atoms with Crippen molar-refractivity contribution in [3.63, 3.8) is 0 Å². The quantitative estimate of drug-likeness (QED) is 0.0169. The summed E-state index contributed by atoms with van der Waals surface area (Å²) < 4.78 is 40.3. The molecule has 0 radical (unpaired) electrons. The molecule has 332 valence electrons. The smallest absolute Gasteiger partial charge is 0.466 e. The molecule has 0 spiro atoms.